The van der Waals surface area contributed by atoms with E-state index in [1.807, 2.05) is 36.1 Å². The van der Waals surface area contributed by atoms with E-state index in [-0.39, 0.29) is 11.3 Å². The minimum atomic E-state index is -0.633. The zero-order chi connectivity index (χ0) is 15.1. The molecule has 114 valence electrons. The monoisotopic (exact) mass is 307 g/mol. The summed E-state index contributed by atoms with van der Waals surface area (Å²) < 4.78 is 0. The van der Waals surface area contributed by atoms with Gasteiger partial charge in [0.1, 0.15) is 0 Å². The van der Waals surface area contributed by atoms with Gasteiger partial charge in [-0.25, -0.2) is 0 Å². The second kappa shape index (κ2) is 5.29. The number of likely N-dealkylation sites (tertiary alicyclic amines) is 1. The molecule has 1 heterocycles. The maximum absolute atomic E-state index is 12.9. The van der Waals surface area contributed by atoms with Gasteiger partial charge in [0.2, 0.25) is 5.91 Å². The number of aliphatic hydroxyl groups is 1. The van der Waals surface area contributed by atoms with Crippen molar-refractivity contribution in [2.75, 3.05) is 13.1 Å². The summed E-state index contributed by atoms with van der Waals surface area (Å²) in [5.74, 6) is 0.225. The highest BCUT2D eigenvalue weighted by atomic mass is 35.5. The van der Waals surface area contributed by atoms with Gasteiger partial charge in [0, 0.05) is 18.1 Å². The predicted molar refractivity (Wildman–Crippen MR) is 83.4 cm³/mol. The Balaban J connectivity index is 1.77. The molecule has 1 aromatic rings. The third kappa shape index (κ3) is 2.95. The predicted octanol–water partition coefficient (Wildman–Crippen LogP) is 3.14. The molecule has 0 spiro atoms. The van der Waals surface area contributed by atoms with Gasteiger partial charge in [-0.15, -0.1) is 0 Å². The Morgan fingerprint density at radius 2 is 1.81 bits per heavy atom. The SMILES string of the molecule is CC1(O)CCCN(C(=O)C2(c3ccc(Cl)cc3)CC2)CC1. The molecule has 1 aliphatic carbocycles. The van der Waals surface area contributed by atoms with Crippen LogP contribution in [0.25, 0.3) is 0 Å². The number of amides is 1. The molecule has 1 unspecified atom stereocenters. The van der Waals surface area contributed by atoms with Crippen LogP contribution in [-0.2, 0) is 10.2 Å². The first-order valence-corrected chi connectivity index (χ1v) is 8.09. The van der Waals surface area contributed by atoms with Crippen LogP contribution in [0.5, 0.6) is 0 Å². The summed E-state index contributed by atoms with van der Waals surface area (Å²) >= 11 is 5.94. The van der Waals surface area contributed by atoms with Crippen LogP contribution in [-0.4, -0.2) is 34.6 Å². The largest absolute Gasteiger partial charge is 0.390 e. The Labute approximate surface area is 130 Å². The molecule has 2 aliphatic rings. The van der Waals surface area contributed by atoms with Gasteiger partial charge in [-0.3, -0.25) is 4.79 Å². The highest BCUT2D eigenvalue weighted by Crippen LogP contribution is 2.50. The Morgan fingerprint density at radius 1 is 1.14 bits per heavy atom. The maximum atomic E-state index is 12.9. The summed E-state index contributed by atoms with van der Waals surface area (Å²) in [5.41, 5.74) is 0.111. The highest BCUT2D eigenvalue weighted by molar-refractivity contribution is 6.30. The van der Waals surface area contributed by atoms with Crippen LogP contribution in [0.2, 0.25) is 5.02 Å². The second-order valence-electron chi connectivity index (χ2n) is 6.73. The molecule has 3 rings (SSSR count). The highest BCUT2D eigenvalue weighted by Gasteiger charge is 2.53. The fourth-order valence-electron chi connectivity index (χ4n) is 3.29. The number of hydrogen-bond donors (Lipinski definition) is 1. The van der Waals surface area contributed by atoms with E-state index in [1.165, 1.54) is 0 Å². The van der Waals surface area contributed by atoms with E-state index < -0.39 is 5.60 Å². The standard InChI is InChI=1S/C17H22ClNO2/c1-16(21)7-2-11-19(12-10-16)15(20)17(8-9-17)13-3-5-14(18)6-4-13/h3-6,21H,2,7-12H2,1H3. The molecule has 4 heteroatoms. The van der Waals surface area contributed by atoms with Crippen LogP contribution in [0.1, 0.15) is 44.6 Å². The first kappa shape index (κ1) is 14.9. The van der Waals surface area contributed by atoms with Gasteiger partial charge in [0.15, 0.2) is 0 Å². The van der Waals surface area contributed by atoms with Crippen LogP contribution in [0, 0.1) is 0 Å². The molecular formula is C17H22ClNO2. The Kier molecular flexibility index (Phi) is 3.74. The normalized spacial score (nSPS) is 28.0. The van der Waals surface area contributed by atoms with Crippen molar-refractivity contribution in [3.05, 3.63) is 34.9 Å². The minimum absolute atomic E-state index is 0.225. The molecular weight excluding hydrogens is 286 g/mol. The first-order valence-electron chi connectivity index (χ1n) is 7.71. The zero-order valence-corrected chi connectivity index (χ0v) is 13.2. The molecule has 0 bridgehead atoms. The van der Waals surface area contributed by atoms with Gasteiger partial charge < -0.3 is 10.0 Å². The van der Waals surface area contributed by atoms with E-state index in [0.717, 1.165) is 37.8 Å². The van der Waals surface area contributed by atoms with Gasteiger partial charge in [-0.05, 0) is 56.7 Å². The van der Waals surface area contributed by atoms with Crippen LogP contribution < -0.4 is 0 Å². The topological polar surface area (TPSA) is 40.5 Å². The van der Waals surface area contributed by atoms with E-state index in [2.05, 4.69) is 0 Å². The van der Waals surface area contributed by atoms with Gasteiger partial charge >= 0.3 is 0 Å². The van der Waals surface area contributed by atoms with E-state index in [1.54, 1.807) is 0 Å². The van der Waals surface area contributed by atoms with Crippen molar-refractivity contribution in [3.8, 4) is 0 Å². The molecule has 3 nitrogen and oxygen atoms in total. The third-order valence-electron chi connectivity index (χ3n) is 4.91. The summed E-state index contributed by atoms with van der Waals surface area (Å²) in [5, 5.41) is 10.9. The van der Waals surface area contributed by atoms with Crippen molar-refractivity contribution in [1.29, 1.82) is 0 Å². The number of halogens is 1. The lowest BCUT2D eigenvalue weighted by molar-refractivity contribution is -0.134. The molecule has 1 amide bonds. The summed E-state index contributed by atoms with van der Waals surface area (Å²) in [6.07, 6.45) is 4.14. The van der Waals surface area contributed by atoms with Crippen molar-refractivity contribution >= 4 is 17.5 Å². The van der Waals surface area contributed by atoms with Crippen molar-refractivity contribution in [3.63, 3.8) is 0 Å². The maximum Gasteiger partial charge on any atom is 0.233 e. The van der Waals surface area contributed by atoms with E-state index >= 15 is 0 Å². The molecule has 1 atom stereocenters. The lowest BCUT2D eigenvalue weighted by atomic mass is 9.94. The van der Waals surface area contributed by atoms with E-state index in [9.17, 15) is 9.90 Å². The van der Waals surface area contributed by atoms with Crippen molar-refractivity contribution in [1.82, 2.24) is 4.90 Å². The first-order chi connectivity index (χ1) is 9.93. The lowest BCUT2D eigenvalue weighted by Gasteiger charge is -2.27. The Bertz CT molecular complexity index is 534. The minimum Gasteiger partial charge on any atom is -0.390 e. The third-order valence-corrected chi connectivity index (χ3v) is 5.16. The quantitative estimate of drug-likeness (QED) is 0.912. The average Bonchev–Trinajstić information content (AvgIpc) is 3.24. The Hall–Kier alpha value is -1.06. The second-order valence-corrected chi connectivity index (χ2v) is 7.17. The number of rotatable bonds is 2. The molecule has 1 saturated carbocycles. The zero-order valence-electron chi connectivity index (χ0n) is 12.4. The summed E-state index contributed by atoms with van der Waals surface area (Å²) in [6, 6.07) is 7.66. The lowest BCUT2D eigenvalue weighted by Crippen LogP contribution is -2.40. The molecule has 1 aliphatic heterocycles. The molecule has 0 radical (unpaired) electrons. The van der Waals surface area contributed by atoms with Crippen molar-refractivity contribution in [2.24, 2.45) is 0 Å². The van der Waals surface area contributed by atoms with Gasteiger partial charge in [-0.1, -0.05) is 23.7 Å². The fourth-order valence-corrected chi connectivity index (χ4v) is 3.42. The van der Waals surface area contributed by atoms with Crippen molar-refractivity contribution < 1.29 is 9.90 Å². The molecule has 1 saturated heterocycles. The van der Waals surface area contributed by atoms with Gasteiger partial charge in [0.25, 0.3) is 0 Å². The molecule has 1 aromatic carbocycles. The number of benzene rings is 1. The molecule has 0 aromatic heterocycles. The fraction of sp³-hybridized carbons (Fsp3) is 0.588. The number of hydrogen-bond acceptors (Lipinski definition) is 2. The van der Waals surface area contributed by atoms with E-state index in [0.29, 0.717) is 18.0 Å². The van der Waals surface area contributed by atoms with Gasteiger partial charge in [0.05, 0.1) is 11.0 Å². The van der Waals surface area contributed by atoms with Crippen LogP contribution in [0.3, 0.4) is 0 Å². The van der Waals surface area contributed by atoms with Gasteiger partial charge in [-0.2, -0.15) is 0 Å². The smallest absolute Gasteiger partial charge is 0.233 e. The van der Waals surface area contributed by atoms with Crippen LogP contribution >= 0.6 is 11.6 Å². The summed E-state index contributed by atoms with van der Waals surface area (Å²) in [7, 11) is 0. The van der Waals surface area contributed by atoms with Crippen molar-refractivity contribution in [2.45, 2.75) is 50.0 Å². The van der Waals surface area contributed by atoms with E-state index in [4.69, 9.17) is 11.6 Å². The number of carbonyl (C=O) groups is 1. The van der Waals surface area contributed by atoms with Crippen LogP contribution in [0.4, 0.5) is 0 Å². The Morgan fingerprint density at radius 3 is 2.43 bits per heavy atom. The summed E-state index contributed by atoms with van der Waals surface area (Å²) in [4.78, 5) is 14.9. The number of carbonyl (C=O) groups excluding carboxylic acids is 1. The van der Waals surface area contributed by atoms with Crippen LogP contribution in [0.15, 0.2) is 24.3 Å². The molecule has 21 heavy (non-hydrogen) atoms. The number of nitrogens with zero attached hydrogens (tertiary/aromatic N) is 1. The molecule has 1 N–H and O–H groups in total. The summed E-state index contributed by atoms with van der Waals surface area (Å²) in [6.45, 7) is 3.28. The average molecular weight is 308 g/mol. The molecule has 2 fully saturated rings.